The second-order valence-corrected chi connectivity index (χ2v) is 3.32. The molecule has 3 nitrogen and oxygen atoms in total. The number of cyclic esters (lactones) is 1. The fourth-order valence-corrected chi connectivity index (χ4v) is 1.61. The van der Waals surface area contributed by atoms with Crippen molar-refractivity contribution < 1.29 is 9.53 Å². The second kappa shape index (κ2) is 3.70. The molecule has 0 unspecified atom stereocenters. The maximum atomic E-state index is 11.3. The summed E-state index contributed by atoms with van der Waals surface area (Å²) in [5.41, 5.74) is 1.07. The van der Waals surface area contributed by atoms with E-state index in [0.29, 0.717) is 13.1 Å². The van der Waals surface area contributed by atoms with Gasteiger partial charge in [-0.15, -0.1) is 0 Å². The van der Waals surface area contributed by atoms with E-state index in [0.717, 1.165) is 5.56 Å². The summed E-state index contributed by atoms with van der Waals surface area (Å²) in [7, 11) is 0. The minimum Gasteiger partial charge on any atom is -0.439 e. The Labute approximate surface area is 83.3 Å². The standard InChI is InChI=1S/C11H13NO2/c1-2-12-8-10(14-11(12)13)9-6-4-3-5-7-9/h3-7,10H,2,8H2,1H3/t10-/m0/s1. The fourth-order valence-electron chi connectivity index (χ4n) is 1.61. The van der Waals surface area contributed by atoms with Crippen molar-refractivity contribution in [1.82, 2.24) is 4.90 Å². The number of nitrogens with zero attached hydrogens (tertiary/aromatic N) is 1. The molecule has 2 rings (SSSR count). The predicted molar refractivity (Wildman–Crippen MR) is 52.9 cm³/mol. The van der Waals surface area contributed by atoms with Gasteiger partial charge in [0.2, 0.25) is 0 Å². The van der Waals surface area contributed by atoms with Gasteiger partial charge in [0.1, 0.15) is 6.10 Å². The number of hydrogen-bond donors (Lipinski definition) is 0. The molecule has 1 heterocycles. The predicted octanol–water partition coefficient (Wildman–Crippen LogP) is 2.20. The van der Waals surface area contributed by atoms with Gasteiger partial charge in [-0.3, -0.25) is 0 Å². The first kappa shape index (κ1) is 9.06. The third-order valence-corrected chi connectivity index (χ3v) is 2.44. The molecule has 1 aliphatic heterocycles. The van der Waals surface area contributed by atoms with Crippen LogP contribution in [0.3, 0.4) is 0 Å². The Bertz CT molecular complexity index is 323. The second-order valence-electron chi connectivity index (χ2n) is 3.32. The molecular weight excluding hydrogens is 178 g/mol. The van der Waals surface area contributed by atoms with E-state index in [9.17, 15) is 4.79 Å². The van der Waals surface area contributed by atoms with Gasteiger partial charge in [-0.2, -0.15) is 0 Å². The molecule has 0 aliphatic carbocycles. The topological polar surface area (TPSA) is 29.5 Å². The summed E-state index contributed by atoms with van der Waals surface area (Å²) in [6, 6.07) is 9.83. The van der Waals surface area contributed by atoms with Gasteiger partial charge < -0.3 is 9.64 Å². The molecule has 1 saturated heterocycles. The van der Waals surface area contributed by atoms with Crippen LogP contribution in [0, 0.1) is 0 Å². The lowest BCUT2D eigenvalue weighted by atomic mass is 10.1. The fraction of sp³-hybridized carbons (Fsp3) is 0.364. The van der Waals surface area contributed by atoms with Crippen molar-refractivity contribution in [3.8, 4) is 0 Å². The summed E-state index contributed by atoms with van der Waals surface area (Å²) in [4.78, 5) is 13.0. The van der Waals surface area contributed by atoms with Crippen LogP contribution in [0.25, 0.3) is 0 Å². The van der Waals surface area contributed by atoms with Crippen LogP contribution in [0.1, 0.15) is 18.6 Å². The first-order chi connectivity index (χ1) is 6.81. The lowest BCUT2D eigenvalue weighted by Crippen LogP contribution is -2.23. The summed E-state index contributed by atoms with van der Waals surface area (Å²) in [5, 5.41) is 0. The van der Waals surface area contributed by atoms with Gasteiger partial charge in [-0.05, 0) is 12.5 Å². The first-order valence-corrected chi connectivity index (χ1v) is 4.81. The van der Waals surface area contributed by atoms with Crippen LogP contribution in [0.5, 0.6) is 0 Å². The number of carbonyl (C=O) groups excluding carboxylic acids is 1. The van der Waals surface area contributed by atoms with Gasteiger partial charge >= 0.3 is 6.09 Å². The molecular formula is C11H13NO2. The zero-order valence-corrected chi connectivity index (χ0v) is 8.14. The Hall–Kier alpha value is -1.51. The number of carbonyl (C=O) groups is 1. The lowest BCUT2D eigenvalue weighted by molar-refractivity contribution is 0.133. The Kier molecular flexibility index (Phi) is 2.39. The van der Waals surface area contributed by atoms with Crippen LogP contribution >= 0.6 is 0 Å². The zero-order valence-electron chi connectivity index (χ0n) is 8.14. The molecule has 1 aromatic carbocycles. The number of rotatable bonds is 2. The van der Waals surface area contributed by atoms with Crippen LogP contribution in [-0.2, 0) is 4.74 Å². The van der Waals surface area contributed by atoms with Crippen molar-refractivity contribution in [3.05, 3.63) is 35.9 Å². The Balaban J connectivity index is 2.13. The smallest absolute Gasteiger partial charge is 0.410 e. The highest BCUT2D eigenvalue weighted by Gasteiger charge is 2.30. The van der Waals surface area contributed by atoms with E-state index in [-0.39, 0.29) is 12.2 Å². The van der Waals surface area contributed by atoms with Crippen LogP contribution < -0.4 is 0 Å². The average molecular weight is 191 g/mol. The minimum atomic E-state index is -0.207. The van der Waals surface area contributed by atoms with E-state index in [1.165, 1.54) is 0 Å². The van der Waals surface area contributed by atoms with Gasteiger partial charge in [0, 0.05) is 6.54 Å². The summed E-state index contributed by atoms with van der Waals surface area (Å²) in [6.07, 6.45) is -0.301. The largest absolute Gasteiger partial charge is 0.439 e. The van der Waals surface area contributed by atoms with Gasteiger partial charge in [0.05, 0.1) is 6.54 Å². The molecule has 0 spiro atoms. The number of amides is 1. The van der Waals surface area contributed by atoms with Crippen LogP contribution in [-0.4, -0.2) is 24.1 Å². The van der Waals surface area contributed by atoms with Gasteiger partial charge in [-0.1, -0.05) is 30.3 Å². The van der Waals surface area contributed by atoms with Crippen molar-refractivity contribution in [2.45, 2.75) is 13.0 Å². The zero-order chi connectivity index (χ0) is 9.97. The van der Waals surface area contributed by atoms with Crippen molar-refractivity contribution in [1.29, 1.82) is 0 Å². The molecule has 0 aromatic heterocycles. The van der Waals surface area contributed by atoms with Crippen LogP contribution in [0.4, 0.5) is 4.79 Å². The van der Waals surface area contributed by atoms with Crippen molar-refractivity contribution in [2.75, 3.05) is 13.1 Å². The number of ether oxygens (including phenoxy) is 1. The third kappa shape index (κ3) is 1.58. The lowest BCUT2D eigenvalue weighted by Gasteiger charge is -2.08. The number of benzene rings is 1. The van der Waals surface area contributed by atoms with E-state index in [2.05, 4.69) is 0 Å². The maximum Gasteiger partial charge on any atom is 0.410 e. The molecule has 0 N–H and O–H groups in total. The average Bonchev–Trinajstić information content (AvgIpc) is 2.61. The van der Waals surface area contributed by atoms with E-state index in [4.69, 9.17) is 4.74 Å². The van der Waals surface area contributed by atoms with Crippen LogP contribution in [0.2, 0.25) is 0 Å². The molecule has 3 heteroatoms. The van der Waals surface area contributed by atoms with E-state index >= 15 is 0 Å². The SMILES string of the molecule is CCN1C[C@@H](c2ccccc2)OC1=O. The number of likely N-dealkylation sites (N-methyl/N-ethyl adjacent to an activating group) is 1. The molecule has 0 saturated carbocycles. The van der Waals surface area contributed by atoms with Crippen molar-refractivity contribution >= 4 is 6.09 Å². The van der Waals surface area contributed by atoms with Crippen molar-refractivity contribution in [3.63, 3.8) is 0 Å². The monoisotopic (exact) mass is 191 g/mol. The molecule has 1 aromatic rings. The minimum absolute atomic E-state index is 0.0938. The molecule has 1 fully saturated rings. The Morgan fingerprint density at radius 2 is 2.14 bits per heavy atom. The summed E-state index contributed by atoms with van der Waals surface area (Å²) < 4.78 is 5.24. The third-order valence-electron chi connectivity index (χ3n) is 2.44. The first-order valence-electron chi connectivity index (χ1n) is 4.81. The molecule has 0 radical (unpaired) electrons. The van der Waals surface area contributed by atoms with E-state index < -0.39 is 0 Å². The van der Waals surface area contributed by atoms with E-state index in [1.807, 2.05) is 37.3 Å². The summed E-state index contributed by atoms with van der Waals surface area (Å²) in [5.74, 6) is 0. The molecule has 0 bridgehead atoms. The molecule has 74 valence electrons. The highest BCUT2D eigenvalue weighted by atomic mass is 16.6. The highest BCUT2D eigenvalue weighted by molar-refractivity contribution is 5.70. The Morgan fingerprint density at radius 3 is 2.71 bits per heavy atom. The summed E-state index contributed by atoms with van der Waals surface area (Å²) in [6.45, 7) is 3.33. The van der Waals surface area contributed by atoms with Crippen LogP contribution in [0.15, 0.2) is 30.3 Å². The highest BCUT2D eigenvalue weighted by Crippen LogP contribution is 2.25. The molecule has 1 amide bonds. The quantitative estimate of drug-likeness (QED) is 0.717. The Morgan fingerprint density at radius 1 is 1.43 bits per heavy atom. The normalized spacial score (nSPS) is 21.1. The van der Waals surface area contributed by atoms with E-state index in [1.54, 1.807) is 4.90 Å². The summed E-state index contributed by atoms with van der Waals surface area (Å²) >= 11 is 0. The van der Waals surface area contributed by atoms with Crippen molar-refractivity contribution in [2.24, 2.45) is 0 Å². The van der Waals surface area contributed by atoms with Gasteiger partial charge in [-0.25, -0.2) is 4.79 Å². The number of hydrogen-bond acceptors (Lipinski definition) is 2. The van der Waals surface area contributed by atoms with Gasteiger partial charge in [0.25, 0.3) is 0 Å². The molecule has 1 aliphatic rings. The maximum absolute atomic E-state index is 11.3. The molecule has 1 atom stereocenters. The van der Waals surface area contributed by atoms with Gasteiger partial charge in [0.15, 0.2) is 0 Å². The molecule has 14 heavy (non-hydrogen) atoms.